The molecule has 0 aliphatic carbocycles. The Morgan fingerprint density at radius 3 is 2.64 bits per heavy atom. The van der Waals surface area contributed by atoms with E-state index in [1.165, 1.54) is 18.3 Å². The number of hydrogen-bond acceptors (Lipinski definition) is 5. The Kier molecular flexibility index (Phi) is 7.32. The first kappa shape index (κ1) is 20.7. The Bertz CT molecular complexity index is 922. The van der Waals surface area contributed by atoms with Gasteiger partial charge in [-0.05, 0) is 43.2 Å². The summed E-state index contributed by atoms with van der Waals surface area (Å²) >= 11 is 0. The average Bonchev–Trinajstić information content (AvgIpc) is 2.64. The number of carbonyl (C=O) groups excluding carboxylic acids is 2. The molecule has 1 aromatic carbocycles. The van der Waals surface area contributed by atoms with Gasteiger partial charge < -0.3 is 25.0 Å². The van der Waals surface area contributed by atoms with Crippen LogP contribution in [0.25, 0.3) is 0 Å². The number of rotatable bonds is 8. The summed E-state index contributed by atoms with van der Waals surface area (Å²) in [6, 6.07) is 9.08. The van der Waals surface area contributed by atoms with Crippen LogP contribution in [0.1, 0.15) is 18.9 Å². The zero-order valence-corrected chi connectivity index (χ0v) is 15.3. The molecule has 1 heterocycles. The number of carboxylic acid groups (broad SMARTS) is 1. The van der Waals surface area contributed by atoms with Crippen LogP contribution in [0, 0.1) is 0 Å². The lowest BCUT2D eigenvalue weighted by molar-refractivity contribution is -0.144. The van der Waals surface area contributed by atoms with Gasteiger partial charge in [-0.25, -0.2) is 4.79 Å². The van der Waals surface area contributed by atoms with Crippen molar-refractivity contribution < 1.29 is 24.2 Å². The lowest BCUT2D eigenvalue weighted by atomic mass is 10.1. The van der Waals surface area contributed by atoms with E-state index in [1.54, 1.807) is 31.2 Å². The standard InChI is InChI=1S/C19H21N3O6/c1-2-28-17(25)12-22-10-4-7-15(18(22)26)21-19(27)20-14-6-3-5-13(11-14)8-9-16(23)24/h3-7,10-11H,2,8-9,12H2,1H3,(H,23,24)(H2,20,21,27). The van der Waals surface area contributed by atoms with E-state index in [0.717, 1.165) is 10.1 Å². The van der Waals surface area contributed by atoms with Gasteiger partial charge in [-0.2, -0.15) is 0 Å². The van der Waals surface area contributed by atoms with Crippen LogP contribution in [0.15, 0.2) is 47.4 Å². The van der Waals surface area contributed by atoms with Gasteiger partial charge in [0.15, 0.2) is 0 Å². The normalized spacial score (nSPS) is 10.2. The maximum Gasteiger partial charge on any atom is 0.326 e. The number of anilines is 2. The third-order valence-corrected chi connectivity index (χ3v) is 3.69. The molecule has 0 bridgehead atoms. The van der Waals surface area contributed by atoms with Crippen LogP contribution in [0.2, 0.25) is 0 Å². The van der Waals surface area contributed by atoms with Crippen molar-refractivity contribution in [1.29, 1.82) is 0 Å². The highest BCUT2D eigenvalue weighted by molar-refractivity contribution is 5.99. The molecule has 0 aliphatic heterocycles. The third kappa shape index (κ3) is 6.27. The molecule has 9 heteroatoms. The number of aromatic nitrogens is 1. The van der Waals surface area contributed by atoms with Crippen molar-refractivity contribution in [1.82, 2.24) is 4.57 Å². The summed E-state index contributed by atoms with van der Waals surface area (Å²) in [5.41, 5.74) is 0.687. The first-order valence-electron chi connectivity index (χ1n) is 8.63. The van der Waals surface area contributed by atoms with E-state index >= 15 is 0 Å². The van der Waals surface area contributed by atoms with Crippen LogP contribution < -0.4 is 16.2 Å². The van der Waals surface area contributed by atoms with Gasteiger partial charge in [0.1, 0.15) is 12.2 Å². The minimum absolute atomic E-state index is 0.00586. The summed E-state index contributed by atoms with van der Waals surface area (Å²) in [6.45, 7) is 1.62. The molecule has 2 amide bonds. The first-order valence-corrected chi connectivity index (χ1v) is 8.63. The monoisotopic (exact) mass is 387 g/mol. The van der Waals surface area contributed by atoms with Crippen LogP contribution in [0.5, 0.6) is 0 Å². The number of carboxylic acids is 1. The number of amides is 2. The maximum atomic E-state index is 12.4. The summed E-state index contributed by atoms with van der Waals surface area (Å²) < 4.78 is 5.95. The van der Waals surface area contributed by atoms with Gasteiger partial charge >= 0.3 is 18.0 Å². The molecule has 9 nitrogen and oxygen atoms in total. The molecule has 0 radical (unpaired) electrons. The van der Waals surface area contributed by atoms with Crippen molar-refractivity contribution in [2.75, 3.05) is 17.2 Å². The smallest absolute Gasteiger partial charge is 0.326 e. The number of aryl methyl sites for hydroxylation is 1. The second kappa shape index (κ2) is 9.91. The van der Waals surface area contributed by atoms with Crippen molar-refractivity contribution in [2.45, 2.75) is 26.3 Å². The van der Waals surface area contributed by atoms with Crippen LogP contribution in [-0.4, -0.2) is 34.3 Å². The molecule has 3 N–H and O–H groups in total. The van der Waals surface area contributed by atoms with Gasteiger partial charge in [-0.1, -0.05) is 12.1 Å². The minimum atomic E-state index is -0.903. The van der Waals surface area contributed by atoms with E-state index in [4.69, 9.17) is 9.84 Å². The fraction of sp³-hybridized carbons (Fsp3) is 0.263. The molecular formula is C19H21N3O6. The highest BCUT2D eigenvalue weighted by atomic mass is 16.5. The quantitative estimate of drug-likeness (QED) is 0.595. The number of hydrogen-bond donors (Lipinski definition) is 3. The molecule has 0 spiro atoms. The van der Waals surface area contributed by atoms with E-state index in [-0.39, 0.29) is 25.3 Å². The molecule has 0 atom stereocenters. The Hall–Kier alpha value is -3.62. The number of urea groups is 1. The van der Waals surface area contributed by atoms with Gasteiger partial charge in [-0.3, -0.25) is 14.4 Å². The molecule has 2 aromatic rings. The molecule has 1 aromatic heterocycles. The number of esters is 1. The van der Waals surface area contributed by atoms with E-state index < -0.39 is 23.5 Å². The van der Waals surface area contributed by atoms with Gasteiger partial charge in [0.2, 0.25) is 0 Å². The van der Waals surface area contributed by atoms with Crippen molar-refractivity contribution in [3.8, 4) is 0 Å². The van der Waals surface area contributed by atoms with Crippen molar-refractivity contribution in [3.05, 3.63) is 58.5 Å². The average molecular weight is 387 g/mol. The molecule has 28 heavy (non-hydrogen) atoms. The lowest BCUT2D eigenvalue weighted by Crippen LogP contribution is -2.30. The number of nitrogens with zero attached hydrogens (tertiary/aromatic N) is 1. The van der Waals surface area contributed by atoms with E-state index in [0.29, 0.717) is 12.1 Å². The summed E-state index contributed by atoms with van der Waals surface area (Å²) in [7, 11) is 0. The third-order valence-electron chi connectivity index (χ3n) is 3.69. The van der Waals surface area contributed by atoms with Crippen molar-refractivity contribution in [3.63, 3.8) is 0 Å². The Labute approximate surface area is 160 Å². The summed E-state index contributed by atoms with van der Waals surface area (Å²) in [5.74, 6) is -1.45. The highest BCUT2D eigenvalue weighted by Gasteiger charge is 2.11. The van der Waals surface area contributed by atoms with Crippen molar-refractivity contribution in [2.24, 2.45) is 0 Å². The van der Waals surface area contributed by atoms with Crippen LogP contribution in [-0.2, 0) is 27.3 Å². The SMILES string of the molecule is CCOC(=O)Cn1cccc(NC(=O)Nc2cccc(CCC(=O)O)c2)c1=O. The highest BCUT2D eigenvalue weighted by Crippen LogP contribution is 2.13. The zero-order valence-electron chi connectivity index (χ0n) is 15.3. The molecule has 0 fully saturated rings. The van der Waals surface area contributed by atoms with Gasteiger partial charge in [0, 0.05) is 18.3 Å². The Balaban J connectivity index is 2.03. The maximum absolute atomic E-state index is 12.4. The topological polar surface area (TPSA) is 127 Å². The summed E-state index contributed by atoms with van der Waals surface area (Å²) in [4.78, 5) is 46.8. The second-order valence-electron chi connectivity index (χ2n) is 5.83. The number of nitrogens with one attached hydrogen (secondary N) is 2. The van der Waals surface area contributed by atoms with Gasteiger partial charge in [-0.15, -0.1) is 0 Å². The van der Waals surface area contributed by atoms with Crippen molar-refractivity contribution >= 4 is 29.3 Å². The molecule has 0 saturated heterocycles. The van der Waals surface area contributed by atoms with Crippen LogP contribution >= 0.6 is 0 Å². The van der Waals surface area contributed by atoms with E-state index in [2.05, 4.69) is 10.6 Å². The summed E-state index contributed by atoms with van der Waals surface area (Å²) in [6.07, 6.45) is 1.75. The minimum Gasteiger partial charge on any atom is -0.481 e. The van der Waals surface area contributed by atoms with E-state index in [9.17, 15) is 19.2 Å². The Morgan fingerprint density at radius 1 is 1.14 bits per heavy atom. The molecule has 0 unspecified atom stereocenters. The first-order chi connectivity index (χ1) is 13.4. The number of ether oxygens (including phenoxy) is 1. The molecule has 0 saturated carbocycles. The molecule has 0 aliphatic rings. The van der Waals surface area contributed by atoms with Crippen LogP contribution in [0.3, 0.4) is 0 Å². The van der Waals surface area contributed by atoms with Gasteiger partial charge in [0.25, 0.3) is 5.56 Å². The summed E-state index contributed by atoms with van der Waals surface area (Å²) in [5, 5.41) is 13.8. The molecule has 148 valence electrons. The lowest BCUT2D eigenvalue weighted by Gasteiger charge is -2.10. The van der Waals surface area contributed by atoms with E-state index in [1.807, 2.05) is 0 Å². The Morgan fingerprint density at radius 2 is 1.93 bits per heavy atom. The zero-order chi connectivity index (χ0) is 20.5. The number of aliphatic carboxylic acids is 1. The largest absolute Gasteiger partial charge is 0.481 e. The number of pyridine rings is 1. The fourth-order valence-electron chi connectivity index (χ4n) is 2.44. The predicted molar refractivity (Wildman–Crippen MR) is 102 cm³/mol. The predicted octanol–water partition coefficient (Wildman–Crippen LogP) is 2.07. The number of benzene rings is 1. The fourth-order valence-corrected chi connectivity index (χ4v) is 2.44. The molecule has 2 rings (SSSR count). The van der Waals surface area contributed by atoms with Crippen LogP contribution in [0.4, 0.5) is 16.2 Å². The second-order valence-corrected chi connectivity index (χ2v) is 5.83. The molecular weight excluding hydrogens is 366 g/mol. The van der Waals surface area contributed by atoms with Gasteiger partial charge in [0.05, 0.1) is 6.61 Å². The number of carbonyl (C=O) groups is 3.